The summed E-state index contributed by atoms with van der Waals surface area (Å²) in [5.41, 5.74) is 4.89. The number of aromatic nitrogens is 1. The molecule has 0 aliphatic rings. The molecule has 0 saturated heterocycles. The van der Waals surface area contributed by atoms with Crippen molar-refractivity contribution in [1.82, 2.24) is 5.16 Å². The summed E-state index contributed by atoms with van der Waals surface area (Å²) in [5, 5.41) is 4.06. The van der Waals surface area contributed by atoms with Gasteiger partial charge in [0.25, 0.3) is 0 Å². The molecule has 0 aliphatic heterocycles. The summed E-state index contributed by atoms with van der Waals surface area (Å²) in [4.78, 5) is 11.7. The summed E-state index contributed by atoms with van der Waals surface area (Å²) in [6.07, 6.45) is 1.39. The predicted octanol–water partition coefficient (Wildman–Crippen LogP) is 5.52. The molecule has 180 valence electrons. The predicted molar refractivity (Wildman–Crippen MR) is 136 cm³/mol. The molecule has 1 aromatic heterocycles. The minimum absolute atomic E-state index is 0.235. The lowest BCUT2D eigenvalue weighted by molar-refractivity contribution is -0.142. The zero-order valence-corrected chi connectivity index (χ0v) is 20.6. The van der Waals surface area contributed by atoms with Crippen molar-refractivity contribution in [3.63, 3.8) is 0 Å². The first-order valence-electron chi connectivity index (χ1n) is 11.1. The van der Waals surface area contributed by atoms with E-state index >= 15 is 0 Å². The lowest BCUT2D eigenvalue weighted by Crippen LogP contribution is -2.25. The summed E-state index contributed by atoms with van der Waals surface area (Å²) >= 11 is 0. The molecule has 7 nitrogen and oxygen atoms in total. The van der Waals surface area contributed by atoms with Gasteiger partial charge in [0.1, 0.15) is 11.4 Å². The highest BCUT2D eigenvalue weighted by Crippen LogP contribution is 2.40. The van der Waals surface area contributed by atoms with Crippen molar-refractivity contribution in [2.24, 2.45) is 0 Å². The third kappa shape index (κ3) is 5.44. The maximum atomic E-state index is 12.8. The first kappa shape index (κ1) is 24.2. The quantitative estimate of drug-likeness (QED) is 0.302. The van der Waals surface area contributed by atoms with Gasteiger partial charge < -0.3 is 9.26 Å². The Hall–Kier alpha value is -3.91. The summed E-state index contributed by atoms with van der Waals surface area (Å²) in [7, 11) is -3.66. The van der Waals surface area contributed by atoms with Crippen LogP contribution in [-0.4, -0.2) is 32.4 Å². The van der Waals surface area contributed by atoms with Crippen LogP contribution in [0.3, 0.4) is 0 Å². The lowest BCUT2D eigenvalue weighted by Gasteiger charge is -2.22. The van der Waals surface area contributed by atoms with Gasteiger partial charge in [-0.25, -0.2) is 12.7 Å². The van der Waals surface area contributed by atoms with Crippen LogP contribution in [0.2, 0.25) is 0 Å². The van der Waals surface area contributed by atoms with E-state index in [4.69, 9.17) is 9.26 Å². The lowest BCUT2D eigenvalue weighted by atomic mass is 10.0. The standard InChI is InChI=1S/C27H26N2O5S/c1-4-33-25(30)18-20-10-12-21(13-11-20)22-14-16-23(17-15-22)27-26(19(2)28-34-27)29(35(3,31)32)24-8-6-5-7-9-24/h5-17H,4,18H2,1-3H3. The van der Waals surface area contributed by atoms with Crippen LogP contribution in [0, 0.1) is 6.92 Å². The molecule has 0 unspecified atom stereocenters. The number of anilines is 2. The number of benzene rings is 3. The molecule has 4 rings (SSSR count). The smallest absolute Gasteiger partial charge is 0.310 e. The van der Waals surface area contributed by atoms with Gasteiger partial charge in [-0.05, 0) is 42.7 Å². The van der Waals surface area contributed by atoms with Crippen LogP contribution in [0.25, 0.3) is 22.5 Å². The molecule has 0 fully saturated rings. The van der Waals surface area contributed by atoms with Crippen LogP contribution in [0.1, 0.15) is 18.2 Å². The largest absolute Gasteiger partial charge is 0.466 e. The van der Waals surface area contributed by atoms with Gasteiger partial charge in [-0.3, -0.25) is 4.79 Å². The van der Waals surface area contributed by atoms with Gasteiger partial charge in [-0.2, -0.15) is 0 Å². The van der Waals surface area contributed by atoms with Crippen molar-refractivity contribution in [3.05, 3.63) is 90.1 Å². The molecule has 0 spiro atoms. The molecule has 8 heteroatoms. The average Bonchev–Trinajstić information content (AvgIpc) is 3.20. The van der Waals surface area contributed by atoms with E-state index in [9.17, 15) is 13.2 Å². The maximum absolute atomic E-state index is 12.8. The number of hydrogen-bond donors (Lipinski definition) is 0. The third-order valence-electron chi connectivity index (χ3n) is 5.45. The van der Waals surface area contributed by atoms with Crippen LogP contribution < -0.4 is 4.31 Å². The Bertz CT molecular complexity index is 1410. The van der Waals surface area contributed by atoms with E-state index in [1.165, 1.54) is 4.31 Å². The van der Waals surface area contributed by atoms with Crippen molar-refractivity contribution in [2.45, 2.75) is 20.3 Å². The van der Waals surface area contributed by atoms with E-state index < -0.39 is 10.0 Å². The van der Waals surface area contributed by atoms with Crippen molar-refractivity contribution < 1.29 is 22.5 Å². The molecule has 0 saturated carbocycles. The van der Waals surface area contributed by atoms with Crippen molar-refractivity contribution in [1.29, 1.82) is 0 Å². The van der Waals surface area contributed by atoms with Crippen LogP contribution in [-0.2, 0) is 26.0 Å². The minimum atomic E-state index is -3.66. The SMILES string of the molecule is CCOC(=O)Cc1ccc(-c2ccc(-c3onc(C)c3N(c3ccccc3)S(C)(=O)=O)cc2)cc1. The monoisotopic (exact) mass is 490 g/mol. The number of aryl methyl sites for hydroxylation is 1. The molecule has 0 amide bonds. The molecule has 1 heterocycles. The zero-order valence-electron chi connectivity index (χ0n) is 19.8. The third-order valence-corrected chi connectivity index (χ3v) is 6.50. The first-order chi connectivity index (χ1) is 16.8. The van der Waals surface area contributed by atoms with Gasteiger partial charge in [0.15, 0.2) is 5.76 Å². The minimum Gasteiger partial charge on any atom is -0.466 e. The molecule has 0 aliphatic carbocycles. The molecule has 3 aromatic carbocycles. The molecular weight excluding hydrogens is 464 g/mol. The van der Waals surface area contributed by atoms with Crippen LogP contribution in [0.4, 0.5) is 11.4 Å². The van der Waals surface area contributed by atoms with Crippen LogP contribution in [0.5, 0.6) is 0 Å². The summed E-state index contributed by atoms with van der Waals surface area (Å²) in [6, 6.07) is 24.2. The summed E-state index contributed by atoms with van der Waals surface area (Å²) in [6.45, 7) is 3.87. The number of ether oxygens (including phenoxy) is 1. The topological polar surface area (TPSA) is 89.7 Å². The highest BCUT2D eigenvalue weighted by molar-refractivity contribution is 7.92. The normalized spacial score (nSPS) is 11.3. The van der Waals surface area contributed by atoms with Crippen molar-refractivity contribution in [3.8, 4) is 22.5 Å². The van der Waals surface area contributed by atoms with E-state index in [0.29, 0.717) is 35.0 Å². The number of rotatable bonds is 8. The second-order valence-electron chi connectivity index (χ2n) is 8.06. The second kappa shape index (κ2) is 10.1. The fraction of sp³-hybridized carbons (Fsp3) is 0.185. The highest BCUT2D eigenvalue weighted by Gasteiger charge is 2.28. The van der Waals surface area contributed by atoms with Crippen LogP contribution in [0.15, 0.2) is 83.4 Å². The number of esters is 1. The van der Waals surface area contributed by atoms with E-state index in [-0.39, 0.29) is 12.4 Å². The number of nitrogens with zero attached hydrogens (tertiary/aromatic N) is 2. The molecule has 4 aromatic rings. The maximum Gasteiger partial charge on any atom is 0.310 e. The number of hydrogen-bond acceptors (Lipinski definition) is 6. The van der Waals surface area contributed by atoms with Crippen LogP contribution >= 0.6 is 0 Å². The highest BCUT2D eigenvalue weighted by atomic mass is 32.2. The Morgan fingerprint density at radius 3 is 2.06 bits per heavy atom. The number of sulfonamides is 1. The molecule has 0 bridgehead atoms. The van der Waals surface area contributed by atoms with Gasteiger partial charge in [-0.15, -0.1) is 0 Å². The van der Waals surface area contributed by atoms with Gasteiger partial charge in [0.2, 0.25) is 10.0 Å². The molecule has 0 radical (unpaired) electrons. The number of carbonyl (C=O) groups is 1. The summed E-state index contributed by atoms with van der Waals surface area (Å²) < 4.78 is 37.4. The molecular formula is C27H26N2O5S. The Kier molecular flexibility index (Phi) is 7.02. The van der Waals surface area contributed by atoms with Gasteiger partial charge in [0.05, 0.1) is 25.0 Å². The fourth-order valence-corrected chi connectivity index (χ4v) is 4.90. The van der Waals surface area contributed by atoms with E-state index in [1.54, 1.807) is 38.1 Å². The molecule has 0 atom stereocenters. The van der Waals surface area contributed by atoms with E-state index in [1.807, 2.05) is 54.6 Å². The second-order valence-corrected chi connectivity index (χ2v) is 9.90. The Balaban J connectivity index is 1.64. The number of para-hydroxylation sites is 1. The Labute approximate surface area is 205 Å². The number of carbonyl (C=O) groups excluding carboxylic acids is 1. The van der Waals surface area contributed by atoms with Gasteiger partial charge >= 0.3 is 5.97 Å². The van der Waals surface area contributed by atoms with E-state index in [0.717, 1.165) is 22.9 Å². The fourth-order valence-electron chi connectivity index (χ4n) is 3.85. The first-order valence-corrected chi connectivity index (χ1v) is 13.0. The van der Waals surface area contributed by atoms with Crippen molar-refractivity contribution >= 4 is 27.4 Å². The van der Waals surface area contributed by atoms with E-state index in [2.05, 4.69) is 5.16 Å². The summed E-state index contributed by atoms with van der Waals surface area (Å²) in [5.74, 6) is 0.120. The van der Waals surface area contributed by atoms with Crippen molar-refractivity contribution in [2.75, 3.05) is 17.2 Å². The van der Waals surface area contributed by atoms with Gasteiger partial charge in [-0.1, -0.05) is 71.9 Å². The van der Waals surface area contributed by atoms with Gasteiger partial charge in [0, 0.05) is 5.56 Å². The Morgan fingerprint density at radius 1 is 0.914 bits per heavy atom. The zero-order chi connectivity index (χ0) is 25.0. The molecule has 0 N–H and O–H groups in total. The molecule has 35 heavy (non-hydrogen) atoms. The average molecular weight is 491 g/mol. The Morgan fingerprint density at radius 2 is 1.49 bits per heavy atom.